The van der Waals surface area contributed by atoms with Crippen LogP contribution in [0, 0.1) is 5.92 Å². The minimum Gasteiger partial charge on any atom is -0.489 e. The van der Waals surface area contributed by atoms with Crippen LogP contribution in [0.2, 0.25) is 0 Å². The second-order valence-electron chi connectivity index (χ2n) is 6.26. The zero-order chi connectivity index (χ0) is 17.1. The standard InChI is InChI=1S/C17H21F2NO4.ClH/c1-22-16(21)13-6-12(8-20-13)11-4-5-14(24-17(18)19)15(7-11)23-9-10-2-3-10;/h4-5,7,10,12-13,17,20H,2-3,6,8-9H2,1H3;1H/t12?,13-;/m0./s1. The SMILES string of the molecule is COC(=O)[C@@H]1CC(c2ccc(OC(F)F)c(OCC3CC3)c2)CN1.Cl. The van der Waals surface area contributed by atoms with Crippen molar-refractivity contribution in [3.8, 4) is 11.5 Å². The zero-order valence-electron chi connectivity index (χ0n) is 13.9. The fraction of sp³-hybridized carbons (Fsp3) is 0.588. The van der Waals surface area contributed by atoms with Crippen molar-refractivity contribution < 1.29 is 27.8 Å². The first-order chi connectivity index (χ1) is 11.6. The van der Waals surface area contributed by atoms with Gasteiger partial charge in [0.25, 0.3) is 0 Å². The minimum absolute atomic E-state index is 0. The number of nitrogens with one attached hydrogen (secondary N) is 1. The summed E-state index contributed by atoms with van der Waals surface area (Å²) in [4.78, 5) is 11.6. The van der Waals surface area contributed by atoms with Crippen molar-refractivity contribution in [2.75, 3.05) is 20.3 Å². The molecule has 0 aromatic heterocycles. The number of esters is 1. The normalized spacial score (nSPS) is 22.4. The van der Waals surface area contributed by atoms with Crippen LogP contribution in [-0.4, -0.2) is 38.9 Å². The molecule has 2 atom stereocenters. The minimum atomic E-state index is -2.89. The molecule has 1 unspecified atom stereocenters. The van der Waals surface area contributed by atoms with Crippen LogP contribution in [0.4, 0.5) is 8.78 Å². The van der Waals surface area contributed by atoms with E-state index >= 15 is 0 Å². The quantitative estimate of drug-likeness (QED) is 0.740. The van der Waals surface area contributed by atoms with Crippen LogP contribution < -0.4 is 14.8 Å². The van der Waals surface area contributed by atoms with Crippen LogP contribution in [0.3, 0.4) is 0 Å². The van der Waals surface area contributed by atoms with E-state index in [9.17, 15) is 13.6 Å². The van der Waals surface area contributed by atoms with Gasteiger partial charge >= 0.3 is 12.6 Å². The predicted octanol–water partition coefficient (Wildman–Crippen LogP) is 3.12. The van der Waals surface area contributed by atoms with E-state index in [1.807, 2.05) is 0 Å². The molecule has 0 radical (unpaired) electrons. The maximum absolute atomic E-state index is 12.6. The molecular formula is C17H22ClF2NO4. The lowest BCUT2D eigenvalue weighted by Crippen LogP contribution is -2.31. The van der Waals surface area contributed by atoms with Crippen molar-refractivity contribution in [3.05, 3.63) is 23.8 Å². The van der Waals surface area contributed by atoms with Crippen molar-refractivity contribution in [2.45, 2.75) is 37.8 Å². The predicted molar refractivity (Wildman–Crippen MR) is 89.7 cm³/mol. The molecule has 1 saturated heterocycles. The molecule has 1 heterocycles. The Morgan fingerprint density at radius 2 is 2.08 bits per heavy atom. The first-order valence-corrected chi connectivity index (χ1v) is 8.09. The second-order valence-corrected chi connectivity index (χ2v) is 6.26. The molecular weight excluding hydrogens is 356 g/mol. The lowest BCUT2D eigenvalue weighted by Gasteiger charge is -2.16. The summed E-state index contributed by atoms with van der Waals surface area (Å²) in [7, 11) is 1.36. The van der Waals surface area contributed by atoms with Gasteiger partial charge in [0.15, 0.2) is 11.5 Å². The number of carbonyl (C=O) groups is 1. The number of hydrogen-bond donors (Lipinski definition) is 1. The third-order valence-corrected chi connectivity index (χ3v) is 4.44. The van der Waals surface area contributed by atoms with E-state index in [2.05, 4.69) is 10.1 Å². The first kappa shape index (κ1) is 19.7. The fourth-order valence-electron chi connectivity index (χ4n) is 2.89. The van der Waals surface area contributed by atoms with Gasteiger partial charge in [-0.25, -0.2) is 0 Å². The van der Waals surface area contributed by atoms with E-state index in [-0.39, 0.29) is 36.1 Å². The van der Waals surface area contributed by atoms with Gasteiger partial charge in [-0.2, -0.15) is 8.78 Å². The maximum atomic E-state index is 12.6. The third-order valence-electron chi connectivity index (χ3n) is 4.44. The molecule has 5 nitrogen and oxygen atoms in total. The molecule has 25 heavy (non-hydrogen) atoms. The second kappa shape index (κ2) is 8.67. The van der Waals surface area contributed by atoms with Gasteiger partial charge in [0, 0.05) is 6.54 Å². The lowest BCUT2D eigenvalue weighted by molar-refractivity contribution is -0.142. The number of methoxy groups -OCH3 is 1. The number of alkyl halides is 2. The van der Waals surface area contributed by atoms with Crippen LogP contribution in [0.15, 0.2) is 18.2 Å². The first-order valence-electron chi connectivity index (χ1n) is 8.09. The van der Waals surface area contributed by atoms with Gasteiger partial charge in [0.1, 0.15) is 6.04 Å². The average Bonchev–Trinajstić information content (AvgIpc) is 3.27. The Bertz CT molecular complexity index is 598. The number of ether oxygens (including phenoxy) is 3. The van der Waals surface area contributed by atoms with Crippen molar-refractivity contribution in [1.29, 1.82) is 0 Å². The number of carbonyl (C=O) groups excluding carboxylic acids is 1. The summed E-state index contributed by atoms with van der Waals surface area (Å²) in [6.07, 6.45) is 2.82. The molecule has 1 aromatic rings. The van der Waals surface area contributed by atoms with Crippen molar-refractivity contribution in [3.63, 3.8) is 0 Å². The lowest BCUT2D eigenvalue weighted by atomic mass is 9.96. The Morgan fingerprint density at radius 3 is 2.72 bits per heavy atom. The van der Waals surface area contributed by atoms with E-state index in [0.29, 0.717) is 31.2 Å². The van der Waals surface area contributed by atoms with Gasteiger partial charge in [0.2, 0.25) is 0 Å². The molecule has 1 aromatic carbocycles. The highest BCUT2D eigenvalue weighted by atomic mass is 35.5. The van der Waals surface area contributed by atoms with Crippen molar-refractivity contribution in [1.82, 2.24) is 5.32 Å². The van der Waals surface area contributed by atoms with E-state index in [0.717, 1.165) is 18.4 Å². The maximum Gasteiger partial charge on any atom is 0.387 e. The summed E-state index contributed by atoms with van der Waals surface area (Å²) >= 11 is 0. The Labute approximate surface area is 151 Å². The molecule has 3 rings (SSSR count). The Morgan fingerprint density at radius 1 is 1.32 bits per heavy atom. The van der Waals surface area contributed by atoms with E-state index in [4.69, 9.17) is 9.47 Å². The molecule has 1 aliphatic carbocycles. The van der Waals surface area contributed by atoms with Gasteiger partial charge in [-0.3, -0.25) is 4.79 Å². The van der Waals surface area contributed by atoms with Crippen LogP contribution in [0.25, 0.3) is 0 Å². The van der Waals surface area contributed by atoms with E-state index in [1.165, 1.54) is 13.2 Å². The Hall–Kier alpha value is -1.60. The average molecular weight is 378 g/mol. The number of rotatable bonds is 7. The van der Waals surface area contributed by atoms with Gasteiger partial charge in [-0.1, -0.05) is 6.07 Å². The molecule has 2 fully saturated rings. The summed E-state index contributed by atoms with van der Waals surface area (Å²) < 4.78 is 40.1. The highest BCUT2D eigenvalue weighted by Gasteiger charge is 2.31. The van der Waals surface area contributed by atoms with Gasteiger partial charge in [-0.15, -0.1) is 12.4 Å². The summed E-state index contributed by atoms with van der Waals surface area (Å²) in [6, 6.07) is 4.66. The highest BCUT2D eigenvalue weighted by molar-refractivity contribution is 5.85. The number of halogens is 3. The van der Waals surface area contributed by atoms with Gasteiger partial charge in [0.05, 0.1) is 13.7 Å². The fourth-order valence-corrected chi connectivity index (χ4v) is 2.89. The molecule has 0 bridgehead atoms. The van der Waals surface area contributed by atoms with Crippen molar-refractivity contribution >= 4 is 18.4 Å². The van der Waals surface area contributed by atoms with Crippen LogP contribution in [-0.2, 0) is 9.53 Å². The van der Waals surface area contributed by atoms with Crippen LogP contribution >= 0.6 is 12.4 Å². The monoisotopic (exact) mass is 377 g/mol. The molecule has 2 aliphatic rings. The summed E-state index contributed by atoms with van der Waals surface area (Å²) in [5, 5.41) is 3.12. The van der Waals surface area contributed by atoms with Crippen LogP contribution in [0.1, 0.15) is 30.7 Å². The van der Waals surface area contributed by atoms with Crippen LogP contribution in [0.5, 0.6) is 11.5 Å². The smallest absolute Gasteiger partial charge is 0.387 e. The van der Waals surface area contributed by atoms with E-state index in [1.54, 1.807) is 12.1 Å². The zero-order valence-corrected chi connectivity index (χ0v) is 14.7. The molecule has 1 saturated carbocycles. The van der Waals surface area contributed by atoms with Crippen molar-refractivity contribution in [2.24, 2.45) is 5.92 Å². The summed E-state index contributed by atoms with van der Waals surface area (Å²) in [5.41, 5.74) is 0.932. The molecule has 0 spiro atoms. The van der Waals surface area contributed by atoms with Gasteiger partial charge in [-0.05, 0) is 48.8 Å². The topological polar surface area (TPSA) is 56.8 Å². The Kier molecular flexibility index (Phi) is 6.84. The third kappa shape index (κ3) is 5.19. The largest absolute Gasteiger partial charge is 0.489 e. The molecule has 1 N–H and O–H groups in total. The molecule has 1 aliphatic heterocycles. The molecule has 140 valence electrons. The number of benzene rings is 1. The van der Waals surface area contributed by atoms with E-state index < -0.39 is 6.61 Å². The number of hydrogen-bond acceptors (Lipinski definition) is 5. The Balaban J connectivity index is 0.00000225. The molecule has 0 amide bonds. The summed E-state index contributed by atoms with van der Waals surface area (Å²) in [5.74, 6) is 0.689. The summed E-state index contributed by atoms with van der Waals surface area (Å²) in [6.45, 7) is -1.76. The highest BCUT2D eigenvalue weighted by Crippen LogP contribution is 2.37. The molecule has 8 heteroatoms. The van der Waals surface area contributed by atoms with Gasteiger partial charge < -0.3 is 19.5 Å².